The van der Waals surface area contributed by atoms with Crippen LogP contribution in [0.5, 0.6) is 11.5 Å². The Morgan fingerprint density at radius 2 is 1.60 bits per heavy atom. The summed E-state index contributed by atoms with van der Waals surface area (Å²) in [5.74, 6) is 1.44. The minimum atomic E-state index is -0.506. The van der Waals surface area contributed by atoms with E-state index in [0.717, 1.165) is 70.4 Å². The number of likely N-dealkylation sites (N-methyl/N-ethyl adjacent to an activating group) is 1. The third kappa shape index (κ3) is 7.10. The van der Waals surface area contributed by atoms with E-state index in [0.29, 0.717) is 6.54 Å². The molecule has 0 saturated carbocycles. The highest BCUT2D eigenvalue weighted by Crippen LogP contribution is 2.29. The van der Waals surface area contributed by atoms with Gasteiger partial charge in [-0.2, -0.15) is 0 Å². The molecule has 30 heavy (non-hydrogen) atoms. The lowest BCUT2D eigenvalue weighted by molar-refractivity contribution is 0.0497. The van der Waals surface area contributed by atoms with E-state index in [9.17, 15) is 5.11 Å². The zero-order valence-electron chi connectivity index (χ0n) is 19.1. The van der Waals surface area contributed by atoms with Gasteiger partial charge in [0.1, 0.15) is 12.7 Å². The minimum absolute atomic E-state index is 0.280. The summed E-state index contributed by atoms with van der Waals surface area (Å²) in [6, 6.07) is 6.16. The van der Waals surface area contributed by atoms with Crippen LogP contribution < -0.4 is 9.47 Å². The number of hydrogen-bond acceptors (Lipinski definition) is 7. The van der Waals surface area contributed by atoms with Gasteiger partial charge in [0.25, 0.3) is 0 Å². The first-order valence-corrected chi connectivity index (χ1v) is 11.4. The van der Waals surface area contributed by atoms with Crippen molar-refractivity contribution in [3.63, 3.8) is 0 Å². The van der Waals surface area contributed by atoms with Crippen LogP contribution >= 0.6 is 0 Å². The third-order valence-electron chi connectivity index (χ3n) is 6.14. The number of β-amino-alcohol motifs (C(OH)–C–C–N with tert-alkyl or cyclic N) is 1. The molecular formula is C23H40N4O3. The van der Waals surface area contributed by atoms with Crippen LogP contribution in [0.3, 0.4) is 0 Å². The first-order chi connectivity index (χ1) is 14.6. The molecule has 0 amide bonds. The van der Waals surface area contributed by atoms with E-state index in [4.69, 9.17) is 9.47 Å². The van der Waals surface area contributed by atoms with Gasteiger partial charge in [0.05, 0.1) is 7.11 Å². The molecule has 2 saturated heterocycles. The Hall–Kier alpha value is -1.38. The quantitative estimate of drug-likeness (QED) is 0.611. The van der Waals surface area contributed by atoms with Gasteiger partial charge in [-0.15, -0.1) is 0 Å². The van der Waals surface area contributed by atoms with Crippen LogP contribution in [-0.2, 0) is 6.54 Å². The maximum atomic E-state index is 10.5. The summed E-state index contributed by atoms with van der Waals surface area (Å²) in [7, 11) is 3.80. The summed E-state index contributed by atoms with van der Waals surface area (Å²) < 4.78 is 11.5. The summed E-state index contributed by atoms with van der Waals surface area (Å²) in [6.45, 7) is 13.9. The number of ether oxygens (including phenoxy) is 2. The summed E-state index contributed by atoms with van der Waals surface area (Å²) >= 11 is 0. The highest BCUT2D eigenvalue weighted by molar-refractivity contribution is 5.43. The highest BCUT2D eigenvalue weighted by Gasteiger charge is 2.19. The fraction of sp³-hybridized carbons (Fsp3) is 0.739. The normalized spacial score (nSPS) is 20.9. The number of hydrogen-bond donors (Lipinski definition) is 1. The second-order valence-corrected chi connectivity index (χ2v) is 8.67. The molecular weight excluding hydrogens is 380 g/mol. The maximum absolute atomic E-state index is 10.5. The molecule has 0 bridgehead atoms. The molecule has 1 unspecified atom stereocenters. The third-order valence-corrected chi connectivity index (χ3v) is 6.14. The Morgan fingerprint density at radius 1 is 0.933 bits per heavy atom. The molecule has 2 aliphatic rings. The van der Waals surface area contributed by atoms with E-state index in [1.807, 2.05) is 6.07 Å². The van der Waals surface area contributed by atoms with Gasteiger partial charge in [-0.05, 0) is 37.7 Å². The number of rotatable bonds is 10. The molecule has 2 aliphatic heterocycles. The van der Waals surface area contributed by atoms with E-state index in [2.05, 4.69) is 45.7 Å². The molecule has 2 fully saturated rings. The Morgan fingerprint density at radius 3 is 2.27 bits per heavy atom. The Labute approximate surface area is 182 Å². The van der Waals surface area contributed by atoms with Crippen molar-refractivity contribution in [3.05, 3.63) is 23.8 Å². The van der Waals surface area contributed by atoms with Crippen molar-refractivity contribution in [2.75, 3.05) is 86.2 Å². The van der Waals surface area contributed by atoms with E-state index >= 15 is 0 Å². The summed E-state index contributed by atoms with van der Waals surface area (Å²) in [6.07, 6.45) is 0.716. The lowest BCUT2D eigenvalue weighted by atomic mass is 10.1. The van der Waals surface area contributed by atoms with Crippen LogP contribution in [0.2, 0.25) is 0 Å². The standard InChI is InChI=1S/C23H40N4O3/c1-4-7-25-12-14-26(15-13-25)17-20-5-6-22(29-3)23(16-20)30-19-21(28)18-27-10-8-24(2)9-11-27/h5-6,16,21,28H,4,7-15,17-19H2,1-3H3. The molecule has 0 radical (unpaired) electrons. The molecule has 1 aromatic carbocycles. The SMILES string of the molecule is CCCN1CCN(Cc2ccc(OC)c(OCC(O)CN3CCN(C)CC3)c2)CC1. The van der Waals surface area contributed by atoms with Crippen molar-refractivity contribution in [2.45, 2.75) is 26.0 Å². The van der Waals surface area contributed by atoms with Gasteiger partial charge in [0.2, 0.25) is 0 Å². The van der Waals surface area contributed by atoms with Gasteiger partial charge >= 0.3 is 0 Å². The molecule has 1 aromatic rings. The lowest BCUT2D eigenvalue weighted by Crippen LogP contribution is -2.47. The number of benzene rings is 1. The molecule has 0 spiro atoms. The topological polar surface area (TPSA) is 51.7 Å². The van der Waals surface area contributed by atoms with E-state index in [1.54, 1.807) is 7.11 Å². The van der Waals surface area contributed by atoms with Crippen molar-refractivity contribution in [1.29, 1.82) is 0 Å². The molecule has 170 valence electrons. The Balaban J connectivity index is 1.49. The zero-order valence-corrected chi connectivity index (χ0v) is 19.1. The van der Waals surface area contributed by atoms with Gasteiger partial charge in [-0.25, -0.2) is 0 Å². The molecule has 7 nitrogen and oxygen atoms in total. The van der Waals surface area contributed by atoms with Gasteiger partial charge < -0.3 is 24.4 Å². The van der Waals surface area contributed by atoms with Crippen LogP contribution in [0.25, 0.3) is 0 Å². The van der Waals surface area contributed by atoms with E-state index in [-0.39, 0.29) is 6.61 Å². The van der Waals surface area contributed by atoms with Gasteiger partial charge in [0, 0.05) is 65.4 Å². The number of aliphatic hydroxyl groups excluding tert-OH is 1. The second kappa shape index (κ2) is 11.9. The van der Waals surface area contributed by atoms with Crippen LogP contribution in [-0.4, -0.2) is 117 Å². The average Bonchev–Trinajstić information content (AvgIpc) is 2.76. The van der Waals surface area contributed by atoms with Gasteiger partial charge in [-0.3, -0.25) is 9.80 Å². The zero-order chi connectivity index (χ0) is 21.3. The molecule has 0 aliphatic carbocycles. The number of aliphatic hydroxyl groups is 1. The summed E-state index contributed by atoms with van der Waals surface area (Å²) in [5.41, 5.74) is 1.23. The summed E-state index contributed by atoms with van der Waals surface area (Å²) in [4.78, 5) is 9.67. The van der Waals surface area contributed by atoms with Crippen molar-refractivity contribution >= 4 is 0 Å². The molecule has 1 N–H and O–H groups in total. The van der Waals surface area contributed by atoms with Gasteiger partial charge in [-0.1, -0.05) is 13.0 Å². The number of piperazine rings is 2. The monoisotopic (exact) mass is 420 g/mol. The van der Waals surface area contributed by atoms with E-state index in [1.165, 1.54) is 18.5 Å². The smallest absolute Gasteiger partial charge is 0.161 e. The number of methoxy groups -OCH3 is 1. The summed E-state index contributed by atoms with van der Waals surface area (Å²) in [5, 5.41) is 10.5. The average molecular weight is 421 g/mol. The minimum Gasteiger partial charge on any atom is -0.493 e. The molecule has 3 rings (SSSR count). The van der Waals surface area contributed by atoms with Crippen molar-refractivity contribution in [3.8, 4) is 11.5 Å². The fourth-order valence-corrected chi connectivity index (χ4v) is 4.24. The first-order valence-electron chi connectivity index (χ1n) is 11.4. The molecule has 1 atom stereocenters. The Bertz CT molecular complexity index is 629. The lowest BCUT2D eigenvalue weighted by Gasteiger charge is -2.34. The largest absolute Gasteiger partial charge is 0.493 e. The Kier molecular flexibility index (Phi) is 9.21. The molecule has 7 heteroatoms. The predicted octanol–water partition coefficient (Wildman–Crippen LogP) is 1.21. The van der Waals surface area contributed by atoms with Crippen molar-refractivity contribution < 1.29 is 14.6 Å². The second-order valence-electron chi connectivity index (χ2n) is 8.67. The molecule has 0 aromatic heterocycles. The number of nitrogens with zero attached hydrogens (tertiary/aromatic N) is 4. The van der Waals surface area contributed by atoms with Crippen LogP contribution in [0.4, 0.5) is 0 Å². The predicted molar refractivity (Wildman–Crippen MR) is 120 cm³/mol. The van der Waals surface area contributed by atoms with Crippen molar-refractivity contribution in [1.82, 2.24) is 19.6 Å². The van der Waals surface area contributed by atoms with Crippen molar-refractivity contribution in [2.24, 2.45) is 0 Å². The first kappa shape index (κ1) is 23.3. The van der Waals surface area contributed by atoms with Gasteiger partial charge in [0.15, 0.2) is 11.5 Å². The highest BCUT2D eigenvalue weighted by atomic mass is 16.5. The van der Waals surface area contributed by atoms with Crippen LogP contribution in [0.15, 0.2) is 18.2 Å². The fourth-order valence-electron chi connectivity index (χ4n) is 4.24. The van der Waals surface area contributed by atoms with Crippen LogP contribution in [0.1, 0.15) is 18.9 Å². The maximum Gasteiger partial charge on any atom is 0.161 e. The van der Waals surface area contributed by atoms with Crippen LogP contribution in [0, 0.1) is 0 Å². The van der Waals surface area contributed by atoms with E-state index < -0.39 is 6.10 Å². The molecule has 2 heterocycles.